The van der Waals surface area contributed by atoms with Crippen LogP contribution in [0.3, 0.4) is 0 Å². The Balaban J connectivity index is 1.75. The van der Waals surface area contributed by atoms with Crippen LogP contribution in [0.2, 0.25) is 0 Å². The highest BCUT2D eigenvalue weighted by atomic mass is 16.5. The predicted molar refractivity (Wildman–Crippen MR) is 129 cm³/mol. The van der Waals surface area contributed by atoms with Gasteiger partial charge in [0.05, 0.1) is 13.7 Å². The van der Waals surface area contributed by atoms with Gasteiger partial charge in [-0.1, -0.05) is 17.7 Å². The van der Waals surface area contributed by atoms with Crippen molar-refractivity contribution >= 4 is 11.9 Å². The number of carbonyl (C=O) groups excluding carboxylic acids is 2. The van der Waals surface area contributed by atoms with Crippen LogP contribution in [-0.4, -0.2) is 78.7 Å². The highest BCUT2D eigenvalue weighted by Crippen LogP contribution is 2.39. The third kappa shape index (κ3) is 5.58. The Morgan fingerprint density at radius 2 is 1.82 bits per heavy atom. The van der Waals surface area contributed by atoms with Crippen LogP contribution >= 0.6 is 0 Å². The van der Waals surface area contributed by atoms with Crippen LogP contribution in [0.25, 0.3) is 0 Å². The predicted octanol–water partition coefficient (Wildman–Crippen LogP) is 4.08. The maximum Gasteiger partial charge on any atom is 0.327 e. The summed E-state index contributed by atoms with van der Waals surface area (Å²) >= 11 is 0. The van der Waals surface area contributed by atoms with Gasteiger partial charge in [-0.3, -0.25) is 9.69 Å². The van der Waals surface area contributed by atoms with Gasteiger partial charge in [0.15, 0.2) is 0 Å². The van der Waals surface area contributed by atoms with E-state index in [1.807, 2.05) is 29.2 Å². The Morgan fingerprint density at radius 3 is 2.39 bits per heavy atom. The van der Waals surface area contributed by atoms with Gasteiger partial charge in [-0.25, -0.2) is 4.79 Å². The minimum atomic E-state index is -0.748. The van der Waals surface area contributed by atoms with Crippen LogP contribution in [0.15, 0.2) is 36.4 Å². The van der Waals surface area contributed by atoms with E-state index in [1.165, 1.54) is 10.5 Å². The molecule has 0 aliphatic carbocycles. The van der Waals surface area contributed by atoms with Crippen molar-refractivity contribution < 1.29 is 19.1 Å². The fourth-order valence-electron chi connectivity index (χ4n) is 4.97. The van der Waals surface area contributed by atoms with Gasteiger partial charge in [0, 0.05) is 39.4 Å². The van der Waals surface area contributed by atoms with Gasteiger partial charge in [0.1, 0.15) is 11.3 Å². The summed E-state index contributed by atoms with van der Waals surface area (Å²) in [6.45, 7) is 11.3. The first-order valence-corrected chi connectivity index (χ1v) is 12.0. The van der Waals surface area contributed by atoms with E-state index in [4.69, 9.17) is 9.47 Å². The number of rotatable bonds is 11. The lowest BCUT2D eigenvalue weighted by Gasteiger charge is -2.44. The van der Waals surface area contributed by atoms with Crippen molar-refractivity contribution in [3.63, 3.8) is 0 Å². The number of hydrogen-bond donors (Lipinski definition) is 0. The van der Waals surface area contributed by atoms with Crippen molar-refractivity contribution in [3.05, 3.63) is 42.0 Å². The first-order chi connectivity index (χ1) is 15.8. The average molecular weight is 458 g/mol. The molecular formula is C26H39N3O4. The largest absolute Gasteiger partial charge is 0.497 e. The number of nitrogens with zero attached hydrogens (tertiary/aromatic N) is 3. The smallest absolute Gasteiger partial charge is 0.327 e. The molecule has 0 radical (unpaired) electrons. The van der Waals surface area contributed by atoms with Crippen LogP contribution < -0.4 is 4.74 Å². The number of allylic oxidation sites excluding steroid dienone is 1. The number of ether oxygens (including phenoxy) is 2. The summed E-state index contributed by atoms with van der Waals surface area (Å²) in [6, 6.07) is 7.78. The molecule has 3 amide bonds. The summed E-state index contributed by atoms with van der Waals surface area (Å²) in [7, 11) is 3.28. The highest BCUT2D eigenvalue weighted by Gasteiger charge is 2.57. The fourth-order valence-corrected chi connectivity index (χ4v) is 4.97. The van der Waals surface area contributed by atoms with E-state index in [-0.39, 0.29) is 18.5 Å². The van der Waals surface area contributed by atoms with Crippen molar-refractivity contribution in [2.24, 2.45) is 0 Å². The molecule has 3 rings (SSSR count). The summed E-state index contributed by atoms with van der Waals surface area (Å²) in [5.74, 6) is 0.693. The van der Waals surface area contributed by atoms with Gasteiger partial charge in [0.2, 0.25) is 0 Å². The van der Waals surface area contributed by atoms with E-state index < -0.39 is 5.54 Å². The molecule has 2 saturated heterocycles. The molecule has 7 nitrogen and oxygen atoms in total. The molecule has 1 aromatic rings. The van der Waals surface area contributed by atoms with Crippen LogP contribution in [0.5, 0.6) is 5.75 Å². The second-order valence-electron chi connectivity index (χ2n) is 9.43. The lowest BCUT2D eigenvalue weighted by molar-refractivity contribution is -0.136. The summed E-state index contributed by atoms with van der Waals surface area (Å²) in [5.41, 5.74) is 1.37. The molecule has 1 spiro atoms. The number of methoxy groups -OCH3 is 2. The quantitative estimate of drug-likeness (QED) is 0.285. The third-order valence-electron chi connectivity index (χ3n) is 7.09. The topological polar surface area (TPSA) is 62.3 Å². The second-order valence-corrected chi connectivity index (χ2v) is 9.43. The molecule has 0 N–H and O–H groups in total. The summed E-state index contributed by atoms with van der Waals surface area (Å²) < 4.78 is 10.4. The molecule has 1 atom stereocenters. The molecule has 2 aliphatic heterocycles. The molecule has 0 saturated carbocycles. The maximum atomic E-state index is 13.7. The molecular weight excluding hydrogens is 418 g/mol. The monoisotopic (exact) mass is 457 g/mol. The van der Waals surface area contributed by atoms with E-state index in [0.717, 1.165) is 37.2 Å². The zero-order valence-electron chi connectivity index (χ0n) is 20.6. The number of imide groups is 1. The number of urea groups is 1. The van der Waals surface area contributed by atoms with E-state index in [1.54, 1.807) is 14.2 Å². The van der Waals surface area contributed by atoms with E-state index in [0.29, 0.717) is 38.5 Å². The normalized spacial score (nSPS) is 19.4. The van der Waals surface area contributed by atoms with Crippen molar-refractivity contribution in [3.8, 4) is 5.75 Å². The Kier molecular flexibility index (Phi) is 8.54. The van der Waals surface area contributed by atoms with Gasteiger partial charge in [0.25, 0.3) is 5.91 Å². The number of benzene rings is 1. The van der Waals surface area contributed by atoms with Crippen molar-refractivity contribution in [1.29, 1.82) is 0 Å². The number of piperidine rings is 1. The lowest BCUT2D eigenvalue weighted by Crippen LogP contribution is -2.57. The van der Waals surface area contributed by atoms with E-state index in [9.17, 15) is 9.59 Å². The van der Waals surface area contributed by atoms with E-state index >= 15 is 0 Å². The molecule has 0 unspecified atom stereocenters. The summed E-state index contributed by atoms with van der Waals surface area (Å²) in [5, 5.41) is 0. The Hall–Kier alpha value is -2.38. The Morgan fingerprint density at radius 1 is 1.15 bits per heavy atom. The van der Waals surface area contributed by atoms with E-state index in [2.05, 4.69) is 25.3 Å². The maximum absolute atomic E-state index is 13.7. The van der Waals surface area contributed by atoms with Crippen LogP contribution in [-0.2, 0) is 16.1 Å². The second kappa shape index (κ2) is 11.2. The molecule has 2 fully saturated rings. The van der Waals surface area contributed by atoms with Gasteiger partial charge >= 0.3 is 6.03 Å². The Bertz CT molecular complexity index is 830. The van der Waals surface area contributed by atoms with Crippen molar-refractivity contribution in [2.75, 3.05) is 40.5 Å². The van der Waals surface area contributed by atoms with Gasteiger partial charge in [-0.05, 0) is 63.6 Å². The average Bonchev–Trinajstić information content (AvgIpc) is 3.00. The van der Waals surface area contributed by atoms with Crippen LogP contribution in [0.1, 0.15) is 51.5 Å². The number of amides is 3. The minimum absolute atomic E-state index is 0.0602. The molecule has 7 heteroatoms. The summed E-state index contributed by atoms with van der Waals surface area (Å²) in [6.07, 6.45) is 4.13. The van der Waals surface area contributed by atoms with Gasteiger partial charge in [-0.2, -0.15) is 0 Å². The molecule has 182 valence electrons. The highest BCUT2D eigenvalue weighted by molar-refractivity contribution is 6.07. The Labute approximate surface area is 198 Å². The minimum Gasteiger partial charge on any atom is -0.497 e. The number of carbonyl (C=O) groups is 2. The lowest BCUT2D eigenvalue weighted by atomic mass is 9.85. The van der Waals surface area contributed by atoms with Gasteiger partial charge in [-0.15, -0.1) is 6.58 Å². The molecule has 33 heavy (non-hydrogen) atoms. The molecule has 2 aliphatic rings. The molecule has 0 aromatic heterocycles. The molecule has 2 heterocycles. The number of hydrogen-bond acceptors (Lipinski definition) is 5. The van der Waals surface area contributed by atoms with Gasteiger partial charge < -0.3 is 19.3 Å². The molecule has 0 bridgehead atoms. The third-order valence-corrected chi connectivity index (χ3v) is 7.09. The van der Waals surface area contributed by atoms with Crippen LogP contribution in [0.4, 0.5) is 4.79 Å². The standard InChI is InChI=1S/C26H39N3O4/c1-20(2)7-8-21(3)27-16-13-26(14-17-27)24(30)28(25(31)29(26)15-6-18-32-4)19-22-9-11-23(33-5)12-10-22/h9-12,21H,1,6-8,13-19H2,2-5H3/t21-/m1/s1. The number of likely N-dealkylation sites (tertiary alicyclic amines) is 1. The van der Waals surface area contributed by atoms with Crippen molar-refractivity contribution in [1.82, 2.24) is 14.7 Å². The zero-order chi connectivity index (χ0) is 24.0. The van der Waals surface area contributed by atoms with Crippen LogP contribution in [0, 0.1) is 0 Å². The molecule has 1 aromatic carbocycles. The van der Waals surface area contributed by atoms with Crippen molar-refractivity contribution in [2.45, 2.75) is 64.1 Å². The zero-order valence-corrected chi connectivity index (χ0v) is 20.6. The first-order valence-electron chi connectivity index (χ1n) is 12.0. The first kappa shape index (κ1) is 25.2. The SMILES string of the molecule is C=C(C)CC[C@@H](C)N1CCC2(CC1)C(=O)N(Cc1ccc(OC)cc1)C(=O)N2CCCOC. The summed E-state index contributed by atoms with van der Waals surface area (Å²) in [4.78, 5) is 32.9. The fraction of sp³-hybridized carbons (Fsp3) is 0.615.